The van der Waals surface area contributed by atoms with Gasteiger partial charge in [0.15, 0.2) is 0 Å². The van der Waals surface area contributed by atoms with Crippen molar-refractivity contribution in [1.82, 2.24) is 4.72 Å². The zero-order chi connectivity index (χ0) is 14.4. The first-order valence-electron chi connectivity index (χ1n) is 6.35. The molecule has 1 N–H and O–H groups in total. The maximum atomic E-state index is 12.3. The highest BCUT2D eigenvalue weighted by molar-refractivity contribution is 7.89. The largest absolute Gasteiger partial charge is 0.502 e. The highest BCUT2D eigenvalue weighted by Crippen LogP contribution is 2.22. The van der Waals surface area contributed by atoms with Crippen LogP contribution in [0.2, 0.25) is 0 Å². The predicted octanol–water partition coefficient (Wildman–Crippen LogP) is 2.67. The van der Waals surface area contributed by atoms with Crippen molar-refractivity contribution in [2.75, 3.05) is 13.2 Å². The fourth-order valence-corrected chi connectivity index (χ4v) is 3.25. The summed E-state index contributed by atoms with van der Waals surface area (Å²) in [5, 5.41) is 1.63. The lowest BCUT2D eigenvalue weighted by Crippen LogP contribution is -2.25. The van der Waals surface area contributed by atoms with Crippen LogP contribution < -0.4 is 4.72 Å². The van der Waals surface area contributed by atoms with Crippen molar-refractivity contribution in [1.29, 1.82) is 0 Å². The average molecular weight is 291 g/mol. The van der Waals surface area contributed by atoms with Crippen LogP contribution in [-0.2, 0) is 14.8 Å². The van der Waals surface area contributed by atoms with E-state index in [1.807, 2.05) is 30.3 Å². The van der Waals surface area contributed by atoms with Crippen LogP contribution in [0.1, 0.15) is 6.42 Å². The van der Waals surface area contributed by atoms with Crippen molar-refractivity contribution in [3.63, 3.8) is 0 Å². The maximum Gasteiger partial charge on any atom is 0.241 e. The summed E-state index contributed by atoms with van der Waals surface area (Å²) in [6, 6.07) is 12.7. The van der Waals surface area contributed by atoms with Gasteiger partial charge in [0.25, 0.3) is 0 Å². The van der Waals surface area contributed by atoms with Gasteiger partial charge in [-0.25, -0.2) is 13.1 Å². The molecule has 0 unspecified atom stereocenters. The molecule has 0 atom stereocenters. The second kappa shape index (κ2) is 6.54. The van der Waals surface area contributed by atoms with Gasteiger partial charge in [-0.15, -0.1) is 0 Å². The van der Waals surface area contributed by atoms with Crippen LogP contribution in [0.3, 0.4) is 0 Å². The number of fused-ring (bicyclic) bond motifs is 1. The van der Waals surface area contributed by atoms with Crippen LogP contribution in [0, 0.1) is 0 Å². The summed E-state index contributed by atoms with van der Waals surface area (Å²) < 4.78 is 32.2. The van der Waals surface area contributed by atoms with Crippen LogP contribution in [0.15, 0.2) is 60.2 Å². The minimum atomic E-state index is -3.51. The third-order valence-electron chi connectivity index (χ3n) is 2.89. The number of hydrogen-bond acceptors (Lipinski definition) is 3. The van der Waals surface area contributed by atoms with E-state index in [-0.39, 0.29) is 0 Å². The molecule has 4 nitrogen and oxygen atoms in total. The van der Waals surface area contributed by atoms with Gasteiger partial charge in [-0.05, 0) is 17.9 Å². The molecule has 0 spiro atoms. The fourth-order valence-electron chi connectivity index (χ4n) is 1.95. The van der Waals surface area contributed by atoms with Crippen LogP contribution >= 0.6 is 0 Å². The summed E-state index contributed by atoms with van der Waals surface area (Å²) >= 11 is 0. The number of nitrogens with one attached hydrogen (secondary N) is 1. The number of benzene rings is 2. The van der Waals surface area contributed by atoms with Gasteiger partial charge in [0, 0.05) is 11.9 Å². The molecule has 106 valence electrons. The van der Waals surface area contributed by atoms with Crippen LogP contribution in [0.4, 0.5) is 0 Å². The molecule has 0 aromatic heterocycles. The van der Waals surface area contributed by atoms with E-state index < -0.39 is 10.0 Å². The Kier molecular flexibility index (Phi) is 4.76. The Morgan fingerprint density at radius 2 is 1.90 bits per heavy atom. The Morgan fingerprint density at radius 3 is 2.70 bits per heavy atom. The van der Waals surface area contributed by atoms with Crippen LogP contribution in [0.5, 0.6) is 0 Å². The fraction of sp³-hybridized carbons (Fsp3) is 0.200. The predicted molar refractivity (Wildman–Crippen MR) is 79.9 cm³/mol. The molecular weight excluding hydrogens is 274 g/mol. The van der Waals surface area contributed by atoms with Gasteiger partial charge in [-0.2, -0.15) is 0 Å². The molecule has 0 saturated heterocycles. The zero-order valence-electron chi connectivity index (χ0n) is 11.1. The van der Waals surface area contributed by atoms with E-state index in [2.05, 4.69) is 11.3 Å². The molecule has 0 heterocycles. The maximum absolute atomic E-state index is 12.3. The molecule has 2 aromatic carbocycles. The van der Waals surface area contributed by atoms with Gasteiger partial charge in [-0.3, -0.25) is 0 Å². The number of hydrogen-bond donors (Lipinski definition) is 1. The van der Waals surface area contributed by atoms with E-state index in [4.69, 9.17) is 4.74 Å². The summed E-state index contributed by atoms with van der Waals surface area (Å²) in [7, 11) is -3.51. The van der Waals surface area contributed by atoms with Gasteiger partial charge in [-0.1, -0.05) is 43.0 Å². The van der Waals surface area contributed by atoms with Gasteiger partial charge < -0.3 is 4.74 Å². The lowest BCUT2D eigenvalue weighted by atomic mass is 10.1. The summed E-state index contributed by atoms with van der Waals surface area (Å²) in [6.07, 6.45) is 1.94. The SMILES string of the molecule is C=COCCCNS(=O)(=O)c1cccc2ccccc12. The molecule has 0 aliphatic rings. The van der Waals surface area contributed by atoms with E-state index >= 15 is 0 Å². The molecule has 0 fully saturated rings. The van der Waals surface area contributed by atoms with Crippen molar-refractivity contribution in [2.45, 2.75) is 11.3 Å². The van der Waals surface area contributed by atoms with Crippen LogP contribution in [0.25, 0.3) is 10.8 Å². The van der Waals surface area contributed by atoms with Crippen molar-refractivity contribution in [3.8, 4) is 0 Å². The van der Waals surface area contributed by atoms with E-state index in [0.717, 1.165) is 10.8 Å². The standard InChI is InChI=1S/C15H17NO3S/c1-2-19-12-6-11-16-20(17,18)15-10-5-8-13-7-3-4-9-14(13)15/h2-5,7-10,16H,1,6,11-12H2. The second-order valence-electron chi connectivity index (χ2n) is 4.27. The molecule has 2 rings (SSSR count). The highest BCUT2D eigenvalue weighted by Gasteiger charge is 2.16. The second-order valence-corrected chi connectivity index (χ2v) is 6.00. The Bertz CT molecular complexity index is 690. The zero-order valence-corrected chi connectivity index (χ0v) is 11.9. The Morgan fingerprint density at radius 1 is 1.15 bits per heavy atom. The monoisotopic (exact) mass is 291 g/mol. The number of sulfonamides is 1. The van der Waals surface area contributed by atoms with Gasteiger partial charge >= 0.3 is 0 Å². The van der Waals surface area contributed by atoms with Crippen LogP contribution in [-0.4, -0.2) is 21.6 Å². The Hall–Kier alpha value is -1.85. The van der Waals surface area contributed by atoms with Crippen molar-refractivity contribution >= 4 is 20.8 Å². The average Bonchev–Trinajstić information content (AvgIpc) is 2.46. The van der Waals surface area contributed by atoms with Gasteiger partial charge in [0.2, 0.25) is 10.0 Å². The molecule has 0 bridgehead atoms. The number of rotatable bonds is 7. The molecule has 0 amide bonds. The van der Waals surface area contributed by atoms with E-state index in [1.165, 1.54) is 6.26 Å². The van der Waals surface area contributed by atoms with E-state index in [1.54, 1.807) is 12.1 Å². The summed E-state index contributed by atoms with van der Waals surface area (Å²) in [5.41, 5.74) is 0. The highest BCUT2D eigenvalue weighted by atomic mass is 32.2. The molecule has 0 saturated carbocycles. The molecule has 0 radical (unpaired) electrons. The third-order valence-corrected chi connectivity index (χ3v) is 4.41. The van der Waals surface area contributed by atoms with Gasteiger partial charge in [0.05, 0.1) is 17.8 Å². The minimum absolute atomic E-state index is 0.306. The topological polar surface area (TPSA) is 55.4 Å². The Balaban J connectivity index is 2.17. The molecule has 2 aromatic rings. The Labute approximate surface area is 119 Å². The first-order valence-corrected chi connectivity index (χ1v) is 7.83. The van der Waals surface area contributed by atoms with E-state index in [0.29, 0.717) is 24.5 Å². The lowest BCUT2D eigenvalue weighted by molar-refractivity contribution is 0.247. The van der Waals surface area contributed by atoms with Crippen molar-refractivity contribution < 1.29 is 13.2 Å². The van der Waals surface area contributed by atoms with Crippen molar-refractivity contribution in [2.24, 2.45) is 0 Å². The first kappa shape index (κ1) is 14.6. The summed E-state index contributed by atoms with van der Waals surface area (Å²) in [5.74, 6) is 0. The van der Waals surface area contributed by atoms with E-state index in [9.17, 15) is 8.42 Å². The number of ether oxygens (including phenoxy) is 1. The molecule has 0 aliphatic carbocycles. The minimum Gasteiger partial charge on any atom is -0.502 e. The van der Waals surface area contributed by atoms with Gasteiger partial charge in [0.1, 0.15) is 0 Å². The third kappa shape index (κ3) is 3.37. The van der Waals surface area contributed by atoms with Crippen molar-refractivity contribution in [3.05, 3.63) is 55.3 Å². The quantitative estimate of drug-likeness (QED) is 0.630. The molecule has 0 aliphatic heterocycles. The normalized spacial score (nSPS) is 11.4. The molecular formula is C15H17NO3S. The first-order chi connectivity index (χ1) is 9.65. The molecule has 20 heavy (non-hydrogen) atoms. The smallest absolute Gasteiger partial charge is 0.241 e. The summed E-state index contributed by atoms with van der Waals surface area (Å²) in [6.45, 7) is 4.21. The molecule has 5 heteroatoms. The summed E-state index contributed by atoms with van der Waals surface area (Å²) in [4.78, 5) is 0.306. The lowest BCUT2D eigenvalue weighted by Gasteiger charge is -2.09.